The van der Waals surface area contributed by atoms with Crippen LogP contribution in [0.1, 0.15) is 46.5 Å². The van der Waals surface area contributed by atoms with Crippen LogP contribution in [0.5, 0.6) is 0 Å². The Hall–Kier alpha value is -0.610. The Bertz CT molecular complexity index is 268. The predicted octanol–water partition coefficient (Wildman–Crippen LogP) is 2.38. The number of hydrogen-bond donors (Lipinski definition) is 0. The van der Waals surface area contributed by atoms with Crippen LogP contribution in [0.2, 0.25) is 0 Å². The lowest BCUT2D eigenvalue weighted by Gasteiger charge is -2.32. The number of carbonyl (C=O) groups excluding carboxylic acids is 1. The number of piperidine rings is 2. The molecule has 0 N–H and O–H groups in total. The van der Waals surface area contributed by atoms with Crippen LogP contribution >= 0.6 is 0 Å². The van der Waals surface area contributed by atoms with E-state index in [1.54, 1.807) is 0 Å². The highest BCUT2D eigenvalue weighted by atomic mass is 16.5. The van der Waals surface area contributed by atoms with E-state index in [4.69, 9.17) is 4.74 Å². The first-order chi connectivity index (χ1) is 9.65. The van der Waals surface area contributed by atoms with E-state index < -0.39 is 0 Å². The van der Waals surface area contributed by atoms with Crippen LogP contribution in [0.3, 0.4) is 0 Å². The van der Waals surface area contributed by atoms with Crippen LogP contribution in [-0.4, -0.2) is 61.6 Å². The van der Waals surface area contributed by atoms with Gasteiger partial charge in [0, 0.05) is 26.2 Å². The molecule has 0 unspecified atom stereocenters. The molecule has 0 aliphatic carbocycles. The van der Waals surface area contributed by atoms with E-state index in [0.717, 1.165) is 57.8 Å². The molecule has 1 amide bonds. The molecule has 2 heterocycles. The van der Waals surface area contributed by atoms with Crippen molar-refractivity contribution in [3.63, 3.8) is 0 Å². The summed E-state index contributed by atoms with van der Waals surface area (Å²) in [5.74, 6) is 0.949. The molecule has 0 bridgehead atoms. The maximum atomic E-state index is 12.0. The molecule has 0 spiro atoms. The molecule has 2 fully saturated rings. The van der Waals surface area contributed by atoms with E-state index in [1.165, 1.54) is 0 Å². The number of nitrogens with zero attached hydrogens (tertiary/aromatic N) is 2. The average molecular weight is 284 g/mol. The molecule has 2 aliphatic heterocycles. The first-order valence-corrected chi connectivity index (χ1v) is 8.23. The van der Waals surface area contributed by atoms with Gasteiger partial charge in [-0.2, -0.15) is 0 Å². The van der Waals surface area contributed by atoms with Gasteiger partial charge in [0.1, 0.15) is 6.61 Å². The Morgan fingerprint density at radius 2 is 1.60 bits per heavy atom. The van der Waals surface area contributed by atoms with Crippen molar-refractivity contribution in [3.8, 4) is 0 Å². The molecular formula is C16H32N2O2. The van der Waals surface area contributed by atoms with Crippen LogP contribution in [0.25, 0.3) is 0 Å². The van der Waals surface area contributed by atoms with E-state index in [-0.39, 0.29) is 18.6 Å². The third-order valence-electron chi connectivity index (χ3n) is 4.24. The third-order valence-corrected chi connectivity index (χ3v) is 4.24. The van der Waals surface area contributed by atoms with Crippen molar-refractivity contribution >= 4 is 5.91 Å². The minimum Gasteiger partial charge on any atom is -0.368 e. The Morgan fingerprint density at radius 3 is 2.15 bits per heavy atom. The predicted molar refractivity (Wildman–Crippen MR) is 82.8 cm³/mol. The Morgan fingerprint density at radius 1 is 1.05 bits per heavy atom. The summed E-state index contributed by atoms with van der Waals surface area (Å²) in [4.78, 5) is 16.3. The molecule has 0 aromatic carbocycles. The number of amides is 1. The maximum Gasteiger partial charge on any atom is 0.248 e. The highest BCUT2D eigenvalue weighted by Crippen LogP contribution is 2.17. The molecular weight excluding hydrogens is 252 g/mol. The van der Waals surface area contributed by atoms with E-state index in [0.29, 0.717) is 0 Å². The third kappa shape index (κ3) is 5.80. The molecule has 0 saturated carbocycles. The number of carbonyl (C=O) groups is 1. The zero-order chi connectivity index (χ0) is 15.0. The van der Waals surface area contributed by atoms with Crippen molar-refractivity contribution in [3.05, 3.63) is 0 Å². The van der Waals surface area contributed by atoms with Crippen molar-refractivity contribution in [2.45, 2.75) is 52.6 Å². The summed E-state index contributed by atoms with van der Waals surface area (Å²) in [5, 5.41) is 0. The van der Waals surface area contributed by atoms with Gasteiger partial charge >= 0.3 is 0 Å². The summed E-state index contributed by atoms with van der Waals surface area (Å²) < 4.78 is 5.76. The SMILES string of the molecule is CC.CC1CCN(C(=O)COC2CCN(C)CC2)CC1. The van der Waals surface area contributed by atoms with Gasteiger partial charge < -0.3 is 14.5 Å². The standard InChI is InChI=1S/C14H26N2O2.C2H6/c1-12-3-9-16(10-4-12)14(17)11-18-13-5-7-15(2)8-6-13;1-2/h12-13H,3-11H2,1-2H3;1-2H3. The Balaban J connectivity index is 0.000000956. The van der Waals surface area contributed by atoms with Gasteiger partial charge in [0.15, 0.2) is 0 Å². The quantitative estimate of drug-likeness (QED) is 0.798. The number of ether oxygens (including phenoxy) is 1. The smallest absolute Gasteiger partial charge is 0.248 e. The maximum absolute atomic E-state index is 12.0. The summed E-state index contributed by atoms with van der Waals surface area (Å²) in [7, 11) is 2.14. The van der Waals surface area contributed by atoms with E-state index in [2.05, 4.69) is 18.9 Å². The van der Waals surface area contributed by atoms with Gasteiger partial charge in [-0.25, -0.2) is 0 Å². The fourth-order valence-electron chi connectivity index (χ4n) is 2.69. The largest absolute Gasteiger partial charge is 0.368 e. The zero-order valence-corrected chi connectivity index (χ0v) is 13.7. The topological polar surface area (TPSA) is 32.8 Å². The second kappa shape index (κ2) is 9.35. The molecule has 2 aliphatic rings. The summed E-state index contributed by atoms with van der Waals surface area (Å²) in [6.07, 6.45) is 4.68. The van der Waals surface area contributed by atoms with E-state index in [1.807, 2.05) is 18.7 Å². The summed E-state index contributed by atoms with van der Waals surface area (Å²) >= 11 is 0. The molecule has 2 rings (SSSR count). The number of rotatable bonds is 3. The van der Waals surface area contributed by atoms with Crippen LogP contribution in [0.4, 0.5) is 0 Å². The lowest BCUT2D eigenvalue weighted by molar-refractivity contribution is -0.140. The van der Waals surface area contributed by atoms with Gasteiger partial charge in [-0.15, -0.1) is 0 Å². The summed E-state index contributed by atoms with van der Waals surface area (Å²) in [6.45, 7) is 10.5. The molecule has 0 aromatic heterocycles. The number of hydrogen-bond acceptors (Lipinski definition) is 3. The Labute approximate surface area is 124 Å². The van der Waals surface area contributed by atoms with Gasteiger partial charge in [-0.3, -0.25) is 4.79 Å². The molecule has 2 saturated heterocycles. The molecule has 0 aromatic rings. The number of likely N-dealkylation sites (tertiary alicyclic amines) is 2. The molecule has 4 nitrogen and oxygen atoms in total. The van der Waals surface area contributed by atoms with Crippen LogP contribution in [0, 0.1) is 5.92 Å². The first kappa shape index (κ1) is 17.4. The van der Waals surface area contributed by atoms with Crippen molar-refractivity contribution in [2.24, 2.45) is 5.92 Å². The van der Waals surface area contributed by atoms with E-state index in [9.17, 15) is 4.79 Å². The second-order valence-electron chi connectivity index (χ2n) is 5.88. The fraction of sp³-hybridized carbons (Fsp3) is 0.938. The lowest BCUT2D eigenvalue weighted by Crippen LogP contribution is -2.41. The van der Waals surface area contributed by atoms with Gasteiger partial charge in [0.25, 0.3) is 0 Å². The summed E-state index contributed by atoms with van der Waals surface area (Å²) in [5.41, 5.74) is 0. The summed E-state index contributed by atoms with van der Waals surface area (Å²) in [6, 6.07) is 0. The van der Waals surface area contributed by atoms with Crippen molar-refractivity contribution < 1.29 is 9.53 Å². The van der Waals surface area contributed by atoms with Gasteiger partial charge in [0.05, 0.1) is 6.10 Å². The molecule has 4 heteroatoms. The van der Waals surface area contributed by atoms with Crippen molar-refractivity contribution in [1.29, 1.82) is 0 Å². The highest BCUT2D eigenvalue weighted by Gasteiger charge is 2.22. The molecule has 118 valence electrons. The van der Waals surface area contributed by atoms with Crippen LogP contribution < -0.4 is 0 Å². The monoisotopic (exact) mass is 284 g/mol. The lowest BCUT2D eigenvalue weighted by atomic mass is 9.99. The zero-order valence-electron chi connectivity index (χ0n) is 13.7. The normalized spacial score (nSPS) is 22.3. The van der Waals surface area contributed by atoms with Gasteiger partial charge in [0.2, 0.25) is 5.91 Å². The average Bonchev–Trinajstić information content (AvgIpc) is 2.49. The van der Waals surface area contributed by atoms with Crippen LogP contribution in [0.15, 0.2) is 0 Å². The molecule has 0 atom stereocenters. The van der Waals surface area contributed by atoms with Gasteiger partial charge in [-0.05, 0) is 38.6 Å². The van der Waals surface area contributed by atoms with Gasteiger partial charge in [-0.1, -0.05) is 20.8 Å². The minimum atomic E-state index is 0.181. The van der Waals surface area contributed by atoms with Crippen LogP contribution in [-0.2, 0) is 9.53 Å². The first-order valence-electron chi connectivity index (χ1n) is 8.23. The molecule has 0 radical (unpaired) electrons. The molecule has 20 heavy (non-hydrogen) atoms. The minimum absolute atomic E-state index is 0.181. The Kier molecular flexibility index (Phi) is 8.15. The second-order valence-corrected chi connectivity index (χ2v) is 5.88. The fourth-order valence-corrected chi connectivity index (χ4v) is 2.69. The highest BCUT2D eigenvalue weighted by molar-refractivity contribution is 5.77. The van der Waals surface area contributed by atoms with E-state index >= 15 is 0 Å². The van der Waals surface area contributed by atoms with Crippen molar-refractivity contribution in [2.75, 3.05) is 39.8 Å². The van der Waals surface area contributed by atoms with Crippen molar-refractivity contribution in [1.82, 2.24) is 9.80 Å².